The number of rotatable bonds is 5. The van der Waals surface area contributed by atoms with Gasteiger partial charge in [-0.2, -0.15) is 10.5 Å². The minimum absolute atomic E-state index is 0.121. The van der Waals surface area contributed by atoms with E-state index in [0.29, 0.717) is 13.1 Å². The third kappa shape index (κ3) is 5.67. The van der Waals surface area contributed by atoms with Crippen molar-refractivity contribution in [3.63, 3.8) is 0 Å². The molecule has 0 radical (unpaired) electrons. The highest BCUT2D eigenvalue weighted by Crippen LogP contribution is 1.76. The lowest BCUT2D eigenvalue weighted by Gasteiger charge is -2.07. The standard InChI is InChI=1S/C8H14N4/c1-7(5-9)11-3-4-12-8(2)6-10/h7-8,11-12H,3-4H2,1-2H3/t7-,8+. The molecule has 0 bridgehead atoms. The lowest BCUT2D eigenvalue weighted by molar-refractivity contribution is 0.570. The van der Waals surface area contributed by atoms with Crippen LogP contribution < -0.4 is 10.6 Å². The van der Waals surface area contributed by atoms with Crippen LogP contribution in [-0.4, -0.2) is 25.2 Å². The zero-order valence-electron chi connectivity index (χ0n) is 7.46. The Labute approximate surface area is 73.2 Å². The molecule has 0 saturated carbocycles. The summed E-state index contributed by atoms with van der Waals surface area (Å²) in [5.41, 5.74) is 0. The normalized spacial score (nSPS) is 14.3. The van der Waals surface area contributed by atoms with E-state index in [-0.39, 0.29) is 12.1 Å². The number of nitrogens with zero attached hydrogens (tertiary/aromatic N) is 2. The third-order valence-electron chi connectivity index (χ3n) is 1.41. The van der Waals surface area contributed by atoms with Crippen molar-refractivity contribution in [2.24, 2.45) is 0 Å². The molecule has 0 unspecified atom stereocenters. The second-order valence-corrected chi connectivity index (χ2v) is 2.61. The van der Waals surface area contributed by atoms with Crippen LogP contribution in [0.1, 0.15) is 13.8 Å². The highest BCUT2D eigenvalue weighted by atomic mass is 15.0. The van der Waals surface area contributed by atoms with Crippen molar-refractivity contribution in [3.8, 4) is 12.1 Å². The fourth-order valence-corrected chi connectivity index (χ4v) is 0.669. The van der Waals surface area contributed by atoms with Gasteiger partial charge in [0, 0.05) is 13.1 Å². The molecule has 4 nitrogen and oxygen atoms in total. The van der Waals surface area contributed by atoms with Gasteiger partial charge in [0.15, 0.2) is 0 Å². The first-order valence-corrected chi connectivity index (χ1v) is 3.96. The van der Waals surface area contributed by atoms with Gasteiger partial charge in [-0.3, -0.25) is 0 Å². The second kappa shape index (κ2) is 6.60. The molecule has 0 aliphatic rings. The molecule has 0 aromatic rings. The van der Waals surface area contributed by atoms with Gasteiger partial charge in [0.05, 0.1) is 24.2 Å². The van der Waals surface area contributed by atoms with Gasteiger partial charge in [-0.15, -0.1) is 0 Å². The summed E-state index contributed by atoms with van der Waals surface area (Å²) in [6.45, 7) is 5.02. The van der Waals surface area contributed by atoms with Crippen molar-refractivity contribution in [1.29, 1.82) is 10.5 Å². The molecule has 0 amide bonds. The van der Waals surface area contributed by atoms with Gasteiger partial charge in [0.1, 0.15) is 0 Å². The predicted molar refractivity (Wildman–Crippen MR) is 46.2 cm³/mol. The molecule has 0 rings (SSSR count). The van der Waals surface area contributed by atoms with E-state index in [9.17, 15) is 0 Å². The van der Waals surface area contributed by atoms with Crippen LogP contribution in [0, 0.1) is 22.7 Å². The maximum absolute atomic E-state index is 8.40. The molecule has 66 valence electrons. The van der Waals surface area contributed by atoms with Gasteiger partial charge in [-0.05, 0) is 13.8 Å². The SMILES string of the molecule is C[C@H](C#N)NCCN[C@@H](C)C#N. The first-order valence-electron chi connectivity index (χ1n) is 3.96. The molecule has 0 saturated heterocycles. The summed E-state index contributed by atoms with van der Waals surface area (Å²) in [6.07, 6.45) is 0. The van der Waals surface area contributed by atoms with Crippen molar-refractivity contribution in [2.45, 2.75) is 25.9 Å². The Kier molecular flexibility index (Phi) is 6.00. The van der Waals surface area contributed by atoms with Gasteiger partial charge in [-0.1, -0.05) is 0 Å². The number of nitrogens with one attached hydrogen (secondary N) is 2. The van der Waals surface area contributed by atoms with E-state index < -0.39 is 0 Å². The number of nitriles is 2. The van der Waals surface area contributed by atoms with Gasteiger partial charge in [-0.25, -0.2) is 0 Å². The Balaban J connectivity index is 3.24. The molecule has 12 heavy (non-hydrogen) atoms. The lowest BCUT2D eigenvalue weighted by Crippen LogP contribution is -2.35. The molecule has 0 aliphatic heterocycles. The summed E-state index contributed by atoms with van der Waals surface area (Å²) in [5.74, 6) is 0. The van der Waals surface area contributed by atoms with Gasteiger partial charge >= 0.3 is 0 Å². The summed E-state index contributed by atoms with van der Waals surface area (Å²) in [6, 6.07) is 3.88. The van der Waals surface area contributed by atoms with Crippen molar-refractivity contribution in [2.75, 3.05) is 13.1 Å². The molecule has 2 N–H and O–H groups in total. The number of hydrogen-bond donors (Lipinski definition) is 2. The van der Waals surface area contributed by atoms with Crippen LogP contribution in [0.2, 0.25) is 0 Å². The van der Waals surface area contributed by atoms with Crippen molar-refractivity contribution in [3.05, 3.63) is 0 Å². The second-order valence-electron chi connectivity index (χ2n) is 2.61. The van der Waals surface area contributed by atoms with E-state index in [1.165, 1.54) is 0 Å². The van der Waals surface area contributed by atoms with Crippen LogP contribution in [0.4, 0.5) is 0 Å². The molecule has 2 atom stereocenters. The van der Waals surface area contributed by atoms with Crippen LogP contribution in [0.5, 0.6) is 0 Å². The first kappa shape index (κ1) is 10.9. The largest absolute Gasteiger partial charge is 0.301 e. The van der Waals surface area contributed by atoms with Crippen LogP contribution in [0.25, 0.3) is 0 Å². The van der Waals surface area contributed by atoms with E-state index in [0.717, 1.165) is 0 Å². The fraction of sp³-hybridized carbons (Fsp3) is 0.750. The van der Waals surface area contributed by atoms with E-state index >= 15 is 0 Å². The molecule has 0 aromatic heterocycles. The van der Waals surface area contributed by atoms with E-state index in [1.54, 1.807) is 13.8 Å². The minimum atomic E-state index is -0.121. The lowest BCUT2D eigenvalue weighted by atomic mass is 10.3. The zero-order valence-corrected chi connectivity index (χ0v) is 7.46. The van der Waals surface area contributed by atoms with Crippen molar-refractivity contribution in [1.82, 2.24) is 10.6 Å². The Hall–Kier alpha value is -1.10. The smallest absolute Gasteiger partial charge is 0.0924 e. The van der Waals surface area contributed by atoms with Gasteiger partial charge in [0.25, 0.3) is 0 Å². The minimum Gasteiger partial charge on any atom is -0.301 e. The Morgan fingerprint density at radius 1 is 1.00 bits per heavy atom. The first-order chi connectivity index (χ1) is 5.70. The summed E-state index contributed by atoms with van der Waals surface area (Å²) < 4.78 is 0. The Bertz CT molecular complexity index is 166. The summed E-state index contributed by atoms with van der Waals surface area (Å²) in [4.78, 5) is 0. The maximum Gasteiger partial charge on any atom is 0.0924 e. The van der Waals surface area contributed by atoms with Crippen molar-refractivity contribution >= 4 is 0 Å². The Morgan fingerprint density at radius 3 is 1.58 bits per heavy atom. The number of hydrogen-bond acceptors (Lipinski definition) is 4. The van der Waals surface area contributed by atoms with Crippen LogP contribution in [0.15, 0.2) is 0 Å². The predicted octanol–water partition coefficient (Wildman–Crippen LogP) is -0.0102. The third-order valence-corrected chi connectivity index (χ3v) is 1.41. The fourth-order valence-electron chi connectivity index (χ4n) is 0.669. The van der Waals surface area contributed by atoms with E-state index in [1.807, 2.05) is 0 Å². The molecule has 0 aliphatic carbocycles. The highest BCUT2D eigenvalue weighted by molar-refractivity contribution is 4.87. The topological polar surface area (TPSA) is 71.6 Å². The maximum atomic E-state index is 8.40. The average Bonchev–Trinajstić information content (AvgIpc) is 2.11. The van der Waals surface area contributed by atoms with Gasteiger partial charge < -0.3 is 10.6 Å². The molecular formula is C8H14N4. The molecule has 0 aromatic carbocycles. The van der Waals surface area contributed by atoms with Crippen LogP contribution in [-0.2, 0) is 0 Å². The van der Waals surface area contributed by atoms with Gasteiger partial charge in [0.2, 0.25) is 0 Å². The average molecular weight is 166 g/mol. The molecule has 0 fully saturated rings. The van der Waals surface area contributed by atoms with E-state index in [2.05, 4.69) is 22.8 Å². The Morgan fingerprint density at radius 2 is 1.33 bits per heavy atom. The summed E-state index contributed by atoms with van der Waals surface area (Å²) >= 11 is 0. The summed E-state index contributed by atoms with van der Waals surface area (Å²) in [7, 11) is 0. The highest BCUT2D eigenvalue weighted by Gasteiger charge is 1.98. The van der Waals surface area contributed by atoms with Crippen LogP contribution in [0.3, 0.4) is 0 Å². The molecule has 4 heteroatoms. The molecule has 0 spiro atoms. The molecule has 0 heterocycles. The molecular weight excluding hydrogens is 152 g/mol. The quantitative estimate of drug-likeness (QED) is 0.563. The zero-order chi connectivity index (χ0) is 9.40. The van der Waals surface area contributed by atoms with E-state index in [4.69, 9.17) is 10.5 Å². The van der Waals surface area contributed by atoms with Crippen LogP contribution >= 0.6 is 0 Å². The summed E-state index contributed by atoms with van der Waals surface area (Å²) in [5, 5.41) is 22.8. The van der Waals surface area contributed by atoms with Crippen molar-refractivity contribution < 1.29 is 0 Å². The monoisotopic (exact) mass is 166 g/mol.